The third-order valence-corrected chi connectivity index (χ3v) is 5.86. The third-order valence-electron chi connectivity index (χ3n) is 4.23. The van der Waals surface area contributed by atoms with E-state index in [-0.39, 0.29) is 12.7 Å². The number of amides is 1. The van der Waals surface area contributed by atoms with Crippen LogP contribution >= 0.6 is 23.1 Å². The van der Waals surface area contributed by atoms with Crippen LogP contribution in [-0.2, 0) is 6.54 Å². The average Bonchev–Trinajstić information content (AvgIpc) is 3.28. The van der Waals surface area contributed by atoms with Gasteiger partial charge in [0.25, 0.3) is 5.91 Å². The smallest absolute Gasteiger partial charge is 0.279 e. The number of thioether (sulfide) groups is 1. The van der Waals surface area contributed by atoms with Crippen molar-refractivity contribution < 1.29 is 19.0 Å². The van der Waals surface area contributed by atoms with E-state index in [0.29, 0.717) is 16.1 Å². The van der Waals surface area contributed by atoms with E-state index in [1.165, 1.54) is 11.3 Å². The van der Waals surface area contributed by atoms with Gasteiger partial charge in [0.15, 0.2) is 16.3 Å². The van der Waals surface area contributed by atoms with Crippen LogP contribution in [0.25, 0.3) is 10.2 Å². The van der Waals surface area contributed by atoms with E-state index in [0.717, 1.165) is 34.0 Å². The lowest BCUT2D eigenvalue weighted by Gasteiger charge is -2.04. The summed E-state index contributed by atoms with van der Waals surface area (Å²) in [4.78, 5) is 17.7. The predicted octanol–water partition coefficient (Wildman–Crippen LogP) is 3.54. The Morgan fingerprint density at radius 1 is 1.26 bits per heavy atom. The van der Waals surface area contributed by atoms with Crippen LogP contribution in [0.2, 0.25) is 0 Å². The van der Waals surface area contributed by atoms with E-state index in [1.807, 2.05) is 12.1 Å². The summed E-state index contributed by atoms with van der Waals surface area (Å²) < 4.78 is 19.2. The van der Waals surface area contributed by atoms with Gasteiger partial charge in [-0.2, -0.15) is 16.8 Å². The highest BCUT2D eigenvalue weighted by molar-refractivity contribution is 7.98. The molecule has 0 aliphatic carbocycles. The van der Waals surface area contributed by atoms with Gasteiger partial charge in [0.05, 0.1) is 17.3 Å². The molecule has 0 unspecified atom stereocenters. The topological polar surface area (TPSA) is 62.0 Å². The lowest BCUT2D eigenvalue weighted by atomic mass is 10.2. The molecular weight excluding hydrogens is 384 g/mol. The maximum absolute atomic E-state index is 12.6. The second-order valence-electron chi connectivity index (χ2n) is 5.85. The highest BCUT2D eigenvalue weighted by Gasteiger charge is 2.18. The Bertz CT molecular complexity index is 1050. The molecule has 0 fully saturated rings. The first-order chi connectivity index (χ1) is 13.2. The number of carbonyl (C=O) groups is 1. The minimum atomic E-state index is -0.276. The van der Waals surface area contributed by atoms with Gasteiger partial charge in [-0.15, -0.1) is 0 Å². The van der Waals surface area contributed by atoms with Gasteiger partial charge in [-0.05, 0) is 30.5 Å². The van der Waals surface area contributed by atoms with Crippen molar-refractivity contribution in [1.29, 1.82) is 0 Å². The Hall–Kier alpha value is -2.45. The molecule has 4 rings (SSSR count). The van der Waals surface area contributed by atoms with Crippen molar-refractivity contribution in [3.05, 3.63) is 46.8 Å². The molecule has 140 valence electrons. The van der Waals surface area contributed by atoms with Crippen LogP contribution in [0.3, 0.4) is 0 Å². The standard InChI is InChI=1S/C19H18N2O4S2/c1-23-13-5-3-12(4-6-13)18(22)20-19-21(7-8-26-2)14-9-15-16(25-11-24-15)10-17(14)27-19/h3-6,9-10H,7-8,11H2,1-2H3. The fourth-order valence-electron chi connectivity index (χ4n) is 2.83. The van der Waals surface area contributed by atoms with E-state index in [2.05, 4.69) is 15.8 Å². The van der Waals surface area contributed by atoms with Crippen LogP contribution in [0.1, 0.15) is 10.4 Å². The molecule has 0 N–H and O–H groups in total. The molecule has 1 aliphatic rings. The first-order valence-corrected chi connectivity index (χ1v) is 10.6. The summed E-state index contributed by atoms with van der Waals surface area (Å²) >= 11 is 3.23. The van der Waals surface area contributed by atoms with Crippen molar-refractivity contribution in [2.24, 2.45) is 4.99 Å². The summed E-state index contributed by atoms with van der Waals surface area (Å²) in [5.41, 5.74) is 1.53. The molecule has 3 aromatic rings. The van der Waals surface area contributed by atoms with Crippen LogP contribution in [-0.4, -0.2) is 36.4 Å². The van der Waals surface area contributed by atoms with E-state index >= 15 is 0 Å². The first kappa shape index (κ1) is 17.9. The number of aromatic nitrogens is 1. The summed E-state index contributed by atoms with van der Waals surface area (Å²) in [5.74, 6) is 2.81. The summed E-state index contributed by atoms with van der Waals surface area (Å²) in [6, 6.07) is 10.9. The number of aryl methyl sites for hydroxylation is 1. The number of benzene rings is 2. The molecule has 1 aliphatic heterocycles. The van der Waals surface area contributed by atoms with E-state index < -0.39 is 0 Å². The van der Waals surface area contributed by atoms with Gasteiger partial charge in [-0.25, -0.2) is 0 Å². The monoisotopic (exact) mass is 402 g/mol. The van der Waals surface area contributed by atoms with Crippen molar-refractivity contribution in [3.63, 3.8) is 0 Å². The Morgan fingerprint density at radius 2 is 2.00 bits per heavy atom. The zero-order chi connectivity index (χ0) is 18.8. The SMILES string of the molecule is COc1ccc(C(=O)N=c2sc3cc4c(cc3n2CCSC)OCO4)cc1. The number of methoxy groups -OCH3 is 1. The number of ether oxygens (including phenoxy) is 3. The summed E-state index contributed by atoms with van der Waals surface area (Å²) in [5, 5.41) is 0. The number of nitrogens with zero attached hydrogens (tertiary/aromatic N) is 2. The second-order valence-corrected chi connectivity index (χ2v) is 7.84. The molecule has 2 aromatic carbocycles. The van der Waals surface area contributed by atoms with Crippen molar-refractivity contribution >= 4 is 39.2 Å². The number of hydrogen-bond donors (Lipinski definition) is 0. The minimum Gasteiger partial charge on any atom is -0.497 e. The van der Waals surface area contributed by atoms with Gasteiger partial charge in [-0.3, -0.25) is 4.79 Å². The van der Waals surface area contributed by atoms with Crippen LogP contribution in [0.4, 0.5) is 0 Å². The Morgan fingerprint density at radius 3 is 2.70 bits per heavy atom. The lowest BCUT2D eigenvalue weighted by molar-refractivity contribution is 0.0998. The number of rotatable bonds is 5. The van der Waals surface area contributed by atoms with E-state index in [1.54, 1.807) is 43.1 Å². The van der Waals surface area contributed by atoms with E-state index in [9.17, 15) is 4.79 Å². The second kappa shape index (κ2) is 7.66. The van der Waals surface area contributed by atoms with Crippen LogP contribution in [0.5, 0.6) is 17.2 Å². The van der Waals surface area contributed by atoms with Crippen molar-refractivity contribution in [2.45, 2.75) is 6.54 Å². The van der Waals surface area contributed by atoms with Crippen molar-refractivity contribution in [3.8, 4) is 17.2 Å². The van der Waals surface area contributed by atoms with Gasteiger partial charge in [0.1, 0.15) is 5.75 Å². The fourth-order valence-corrected chi connectivity index (χ4v) is 4.26. The maximum Gasteiger partial charge on any atom is 0.279 e. The number of hydrogen-bond acceptors (Lipinski definition) is 6. The highest BCUT2D eigenvalue weighted by atomic mass is 32.2. The zero-order valence-corrected chi connectivity index (χ0v) is 16.6. The number of thiazole rings is 1. The Labute approximate surface area is 164 Å². The Balaban J connectivity index is 1.78. The van der Waals surface area contributed by atoms with Gasteiger partial charge in [-0.1, -0.05) is 11.3 Å². The zero-order valence-electron chi connectivity index (χ0n) is 14.9. The molecular formula is C19H18N2O4S2. The number of carbonyl (C=O) groups excluding carboxylic acids is 1. The molecule has 1 aromatic heterocycles. The highest BCUT2D eigenvalue weighted by Crippen LogP contribution is 2.37. The largest absolute Gasteiger partial charge is 0.497 e. The van der Waals surface area contributed by atoms with Crippen LogP contribution in [0, 0.1) is 0 Å². The fraction of sp³-hybridized carbons (Fsp3) is 0.263. The van der Waals surface area contributed by atoms with Gasteiger partial charge in [0, 0.05) is 30.0 Å². The van der Waals surface area contributed by atoms with Gasteiger partial charge in [0.2, 0.25) is 6.79 Å². The molecule has 0 saturated carbocycles. The molecule has 0 bridgehead atoms. The molecule has 8 heteroatoms. The predicted molar refractivity (Wildman–Crippen MR) is 107 cm³/mol. The maximum atomic E-state index is 12.6. The van der Waals surface area contributed by atoms with Crippen molar-refractivity contribution in [1.82, 2.24) is 4.57 Å². The molecule has 0 atom stereocenters. The average molecular weight is 402 g/mol. The lowest BCUT2D eigenvalue weighted by Crippen LogP contribution is -2.18. The molecule has 0 saturated heterocycles. The normalized spacial score (nSPS) is 13.3. The molecule has 0 radical (unpaired) electrons. The Kier molecular flexibility index (Phi) is 5.09. The van der Waals surface area contributed by atoms with Crippen LogP contribution in [0.15, 0.2) is 41.4 Å². The minimum absolute atomic E-state index is 0.241. The van der Waals surface area contributed by atoms with Gasteiger partial charge < -0.3 is 18.8 Å². The van der Waals surface area contributed by atoms with Gasteiger partial charge >= 0.3 is 0 Å². The van der Waals surface area contributed by atoms with Crippen molar-refractivity contribution in [2.75, 3.05) is 25.9 Å². The van der Waals surface area contributed by atoms with Crippen LogP contribution < -0.4 is 19.0 Å². The summed E-state index contributed by atoms with van der Waals surface area (Å²) in [7, 11) is 1.60. The molecule has 0 spiro atoms. The summed E-state index contributed by atoms with van der Waals surface area (Å²) in [6.07, 6.45) is 2.06. The quantitative estimate of drug-likeness (QED) is 0.653. The molecule has 6 nitrogen and oxygen atoms in total. The number of fused-ring (bicyclic) bond motifs is 2. The summed E-state index contributed by atoms with van der Waals surface area (Å²) in [6.45, 7) is 1.00. The molecule has 27 heavy (non-hydrogen) atoms. The first-order valence-electron chi connectivity index (χ1n) is 8.34. The third kappa shape index (κ3) is 3.54. The molecule has 1 amide bonds. The molecule has 2 heterocycles. The van der Waals surface area contributed by atoms with E-state index in [4.69, 9.17) is 14.2 Å².